The highest BCUT2D eigenvalue weighted by atomic mass is 35.5. The van der Waals surface area contributed by atoms with Crippen LogP contribution in [0.2, 0.25) is 10.0 Å². The van der Waals surface area contributed by atoms with Gasteiger partial charge in [-0.25, -0.2) is 4.79 Å². The Bertz CT molecular complexity index is 587. The van der Waals surface area contributed by atoms with Crippen molar-refractivity contribution in [1.82, 2.24) is 9.97 Å². The van der Waals surface area contributed by atoms with Gasteiger partial charge in [-0.1, -0.05) is 23.2 Å². The first-order chi connectivity index (χ1) is 8.15. The monoisotopic (exact) mass is 270 g/mol. The molecule has 0 saturated carbocycles. The SMILES string of the molecule is CCOC(=O)c1cnc2c(Cl)ccnc2c1Cl. The predicted octanol–water partition coefficient (Wildman–Crippen LogP) is 3.11. The molecule has 17 heavy (non-hydrogen) atoms. The van der Waals surface area contributed by atoms with Crippen molar-refractivity contribution in [3.05, 3.63) is 34.1 Å². The van der Waals surface area contributed by atoms with Gasteiger partial charge in [0.1, 0.15) is 11.0 Å². The summed E-state index contributed by atoms with van der Waals surface area (Å²) in [4.78, 5) is 19.7. The minimum absolute atomic E-state index is 0.191. The van der Waals surface area contributed by atoms with Crippen LogP contribution in [0.5, 0.6) is 0 Å². The molecule has 2 aromatic rings. The van der Waals surface area contributed by atoms with E-state index < -0.39 is 5.97 Å². The van der Waals surface area contributed by atoms with Crippen molar-refractivity contribution in [1.29, 1.82) is 0 Å². The summed E-state index contributed by atoms with van der Waals surface area (Å²) >= 11 is 12.0. The number of hydrogen-bond acceptors (Lipinski definition) is 4. The zero-order chi connectivity index (χ0) is 12.4. The van der Waals surface area contributed by atoms with Crippen LogP contribution in [0.1, 0.15) is 17.3 Å². The Kier molecular flexibility index (Phi) is 3.45. The summed E-state index contributed by atoms with van der Waals surface area (Å²) in [6, 6.07) is 1.61. The Morgan fingerprint density at radius 1 is 1.35 bits per heavy atom. The van der Waals surface area contributed by atoms with Crippen molar-refractivity contribution in [2.45, 2.75) is 6.92 Å². The molecule has 0 N–H and O–H groups in total. The highest BCUT2D eigenvalue weighted by molar-refractivity contribution is 6.40. The standard InChI is InChI=1S/C11H8Cl2N2O2/c1-2-17-11(16)6-5-15-9-7(12)3-4-14-10(9)8(6)13/h3-5H,2H2,1H3. The van der Waals surface area contributed by atoms with Crippen LogP contribution >= 0.6 is 23.2 Å². The zero-order valence-corrected chi connectivity index (χ0v) is 10.4. The van der Waals surface area contributed by atoms with Crippen molar-refractivity contribution >= 4 is 40.2 Å². The van der Waals surface area contributed by atoms with Gasteiger partial charge in [0.05, 0.1) is 22.2 Å². The molecule has 0 bridgehead atoms. The Morgan fingerprint density at radius 2 is 2.12 bits per heavy atom. The quantitative estimate of drug-likeness (QED) is 0.787. The number of pyridine rings is 2. The number of carbonyl (C=O) groups is 1. The largest absolute Gasteiger partial charge is 0.462 e. The lowest BCUT2D eigenvalue weighted by Gasteiger charge is -2.06. The van der Waals surface area contributed by atoms with Gasteiger partial charge >= 0.3 is 5.97 Å². The number of esters is 1. The fourth-order valence-electron chi connectivity index (χ4n) is 1.38. The van der Waals surface area contributed by atoms with Gasteiger partial charge in [0.25, 0.3) is 0 Å². The first-order valence-electron chi connectivity index (χ1n) is 4.91. The van der Waals surface area contributed by atoms with Crippen LogP contribution in [-0.4, -0.2) is 22.5 Å². The summed E-state index contributed by atoms with van der Waals surface area (Å²) in [6.07, 6.45) is 2.85. The van der Waals surface area contributed by atoms with E-state index >= 15 is 0 Å². The molecular formula is C11H8Cl2N2O2. The zero-order valence-electron chi connectivity index (χ0n) is 8.91. The number of fused-ring (bicyclic) bond motifs is 1. The smallest absolute Gasteiger partial charge is 0.341 e. The van der Waals surface area contributed by atoms with Crippen LogP contribution in [0.4, 0.5) is 0 Å². The molecule has 2 aromatic heterocycles. The molecule has 0 amide bonds. The van der Waals surface area contributed by atoms with Crippen LogP contribution in [-0.2, 0) is 4.74 Å². The van der Waals surface area contributed by atoms with Gasteiger partial charge in [-0.2, -0.15) is 0 Å². The van der Waals surface area contributed by atoms with Crippen molar-refractivity contribution in [2.75, 3.05) is 6.61 Å². The van der Waals surface area contributed by atoms with Crippen molar-refractivity contribution < 1.29 is 9.53 Å². The van der Waals surface area contributed by atoms with E-state index in [-0.39, 0.29) is 17.2 Å². The number of aromatic nitrogens is 2. The highest BCUT2D eigenvalue weighted by Crippen LogP contribution is 2.28. The maximum absolute atomic E-state index is 11.6. The Labute approximate surface area is 108 Å². The van der Waals surface area contributed by atoms with Gasteiger partial charge in [0, 0.05) is 12.4 Å². The molecule has 0 fully saturated rings. The molecule has 0 aliphatic rings. The van der Waals surface area contributed by atoms with Crippen LogP contribution in [0, 0.1) is 0 Å². The lowest BCUT2D eigenvalue weighted by molar-refractivity contribution is 0.0526. The van der Waals surface area contributed by atoms with Crippen LogP contribution in [0.15, 0.2) is 18.5 Å². The van der Waals surface area contributed by atoms with E-state index in [1.165, 1.54) is 12.4 Å². The first kappa shape index (κ1) is 12.1. The Hall–Kier alpha value is -1.39. The lowest BCUT2D eigenvalue weighted by atomic mass is 10.2. The third kappa shape index (κ3) is 2.18. The van der Waals surface area contributed by atoms with Crippen molar-refractivity contribution in [3.8, 4) is 0 Å². The second-order valence-corrected chi connectivity index (χ2v) is 3.98. The van der Waals surface area contributed by atoms with Gasteiger partial charge < -0.3 is 4.74 Å². The molecule has 2 heterocycles. The molecular weight excluding hydrogens is 263 g/mol. The number of nitrogens with zero attached hydrogens (tertiary/aromatic N) is 2. The summed E-state index contributed by atoms with van der Waals surface area (Å²) in [6.45, 7) is 1.99. The second kappa shape index (κ2) is 4.85. The van der Waals surface area contributed by atoms with E-state index in [4.69, 9.17) is 27.9 Å². The topological polar surface area (TPSA) is 52.1 Å². The van der Waals surface area contributed by atoms with Gasteiger partial charge in [-0.15, -0.1) is 0 Å². The van der Waals surface area contributed by atoms with Gasteiger partial charge in [-0.3, -0.25) is 9.97 Å². The second-order valence-electron chi connectivity index (χ2n) is 3.20. The molecule has 88 valence electrons. The van der Waals surface area contributed by atoms with Crippen LogP contribution < -0.4 is 0 Å². The molecule has 0 aliphatic carbocycles. The molecule has 4 nitrogen and oxygen atoms in total. The third-order valence-corrected chi connectivity index (χ3v) is 2.83. The predicted molar refractivity (Wildman–Crippen MR) is 65.5 cm³/mol. The van der Waals surface area contributed by atoms with Crippen LogP contribution in [0.25, 0.3) is 11.0 Å². The van der Waals surface area contributed by atoms with Crippen molar-refractivity contribution in [3.63, 3.8) is 0 Å². The van der Waals surface area contributed by atoms with Gasteiger partial charge in [-0.05, 0) is 13.0 Å². The molecule has 0 spiro atoms. The summed E-state index contributed by atoms with van der Waals surface area (Å²) < 4.78 is 4.86. The number of carbonyl (C=O) groups excluding carboxylic acids is 1. The van der Waals surface area contributed by atoms with Gasteiger partial charge in [0.15, 0.2) is 0 Å². The fourth-order valence-corrected chi connectivity index (χ4v) is 1.84. The van der Waals surface area contributed by atoms with E-state index in [9.17, 15) is 4.79 Å². The van der Waals surface area contributed by atoms with E-state index in [2.05, 4.69) is 9.97 Å². The molecule has 0 aliphatic heterocycles. The number of halogens is 2. The molecule has 0 saturated heterocycles. The molecule has 6 heteroatoms. The highest BCUT2D eigenvalue weighted by Gasteiger charge is 2.16. The third-order valence-electron chi connectivity index (χ3n) is 2.14. The summed E-state index contributed by atoms with van der Waals surface area (Å²) in [5.41, 5.74) is 1.05. The minimum atomic E-state index is -0.520. The van der Waals surface area contributed by atoms with E-state index in [0.29, 0.717) is 16.1 Å². The average Bonchev–Trinajstić information content (AvgIpc) is 2.31. The normalized spacial score (nSPS) is 10.5. The Morgan fingerprint density at radius 3 is 2.82 bits per heavy atom. The minimum Gasteiger partial charge on any atom is -0.462 e. The fraction of sp³-hybridized carbons (Fsp3) is 0.182. The first-order valence-corrected chi connectivity index (χ1v) is 5.66. The summed E-state index contributed by atoms with van der Waals surface area (Å²) in [5.74, 6) is -0.520. The van der Waals surface area contributed by atoms with Gasteiger partial charge in [0.2, 0.25) is 0 Å². The van der Waals surface area contributed by atoms with E-state index in [0.717, 1.165) is 0 Å². The van der Waals surface area contributed by atoms with Crippen LogP contribution in [0.3, 0.4) is 0 Å². The number of ether oxygens (including phenoxy) is 1. The van der Waals surface area contributed by atoms with E-state index in [1.54, 1.807) is 13.0 Å². The van der Waals surface area contributed by atoms with Crippen molar-refractivity contribution in [2.24, 2.45) is 0 Å². The van der Waals surface area contributed by atoms with E-state index in [1.807, 2.05) is 0 Å². The molecule has 2 rings (SSSR count). The average molecular weight is 271 g/mol. The molecule has 0 unspecified atom stereocenters. The molecule has 0 aromatic carbocycles. The lowest BCUT2D eigenvalue weighted by Crippen LogP contribution is -2.06. The maximum atomic E-state index is 11.6. The molecule has 0 atom stereocenters. The summed E-state index contributed by atoms with van der Waals surface area (Å²) in [7, 11) is 0. The summed E-state index contributed by atoms with van der Waals surface area (Å²) in [5, 5.41) is 0.642. The molecule has 0 radical (unpaired) electrons. The maximum Gasteiger partial charge on any atom is 0.341 e. The number of hydrogen-bond donors (Lipinski definition) is 0. The Balaban J connectivity index is 2.62. The number of rotatable bonds is 2.